The maximum atomic E-state index is 6.39. The minimum Gasteiger partial charge on any atom is -0.324 e. The summed E-state index contributed by atoms with van der Waals surface area (Å²) in [4.78, 5) is 0. The standard InChI is InChI=1S/C15H23N/c1-3-11(2)10-13-9-8-12-6-4-5-7-14(12)15(13)16/h4-7,11,13,15H,3,8-10,16H2,1-2H3. The highest BCUT2D eigenvalue weighted by molar-refractivity contribution is 5.32. The van der Waals surface area contributed by atoms with E-state index in [1.54, 1.807) is 0 Å². The van der Waals surface area contributed by atoms with Crippen molar-refractivity contribution in [1.29, 1.82) is 0 Å². The van der Waals surface area contributed by atoms with Crippen LogP contribution in [-0.4, -0.2) is 0 Å². The lowest BCUT2D eigenvalue weighted by atomic mass is 9.76. The van der Waals surface area contributed by atoms with Gasteiger partial charge >= 0.3 is 0 Å². The van der Waals surface area contributed by atoms with E-state index in [9.17, 15) is 0 Å². The maximum Gasteiger partial charge on any atom is 0.0326 e. The van der Waals surface area contributed by atoms with Gasteiger partial charge in [0.05, 0.1) is 0 Å². The molecule has 0 spiro atoms. The number of nitrogens with two attached hydrogens (primary N) is 1. The third-order valence-electron chi connectivity index (χ3n) is 4.11. The van der Waals surface area contributed by atoms with Gasteiger partial charge in [-0.05, 0) is 42.2 Å². The van der Waals surface area contributed by atoms with Gasteiger partial charge in [0.1, 0.15) is 0 Å². The second kappa shape index (κ2) is 5.01. The van der Waals surface area contributed by atoms with E-state index in [-0.39, 0.29) is 6.04 Å². The summed E-state index contributed by atoms with van der Waals surface area (Å²) in [5.74, 6) is 1.49. The van der Waals surface area contributed by atoms with Crippen LogP contribution in [0, 0.1) is 11.8 Å². The highest BCUT2D eigenvalue weighted by Gasteiger charge is 2.26. The highest BCUT2D eigenvalue weighted by atomic mass is 14.7. The number of fused-ring (bicyclic) bond motifs is 1. The Bertz CT molecular complexity index is 345. The minimum absolute atomic E-state index is 0.263. The van der Waals surface area contributed by atoms with Crippen LogP contribution < -0.4 is 5.73 Å². The lowest BCUT2D eigenvalue weighted by Gasteiger charge is -2.32. The van der Waals surface area contributed by atoms with Crippen molar-refractivity contribution in [3.05, 3.63) is 35.4 Å². The molecule has 1 aliphatic rings. The molecule has 2 N–H and O–H groups in total. The van der Waals surface area contributed by atoms with Crippen LogP contribution in [0.25, 0.3) is 0 Å². The van der Waals surface area contributed by atoms with Gasteiger partial charge < -0.3 is 5.73 Å². The number of aryl methyl sites for hydroxylation is 1. The second-order valence-electron chi connectivity index (χ2n) is 5.27. The number of benzene rings is 1. The van der Waals surface area contributed by atoms with E-state index in [2.05, 4.69) is 38.1 Å². The molecule has 0 radical (unpaired) electrons. The van der Waals surface area contributed by atoms with Gasteiger partial charge in [0.15, 0.2) is 0 Å². The molecule has 1 aliphatic carbocycles. The van der Waals surface area contributed by atoms with E-state index in [1.165, 1.54) is 36.8 Å². The third-order valence-corrected chi connectivity index (χ3v) is 4.11. The number of rotatable bonds is 3. The lowest BCUT2D eigenvalue weighted by Crippen LogP contribution is -2.28. The average molecular weight is 217 g/mol. The van der Waals surface area contributed by atoms with Gasteiger partial charge in [-0.2, -0.15) is 0 Å². The van der Waals surface area contributed by atoms with E-state index < -0.39 is 0 Å². The summed E-state index contributed by atoms with van der Waals surface area (Å²) in [7, 11) is 0. The molecular weight excluding hydrogens is 194 g/mol. The SMILES string of the molecule is CCC(C)CC1CCc2ccccc2C1N. The summed E-state index contributed by atoms with van der Waals surface area (Å²) in [6.07, 6.45) is 5.03. The monoisotopic (exact) mass is 217 g/mol. The van der Waals surface area contributed by atoms with Crippen LogP contribution in [0.4, 0.5) is 0 Å². The van der Waals surface area contributed by atoms with Crippen LogP contribution >= 0.6 is 0 Å². The van der Waals surface area contributed by atoms with Crippen molar-refractivity contribution >= 4 is 0 Å². The van der Waals surface area contributed by atoms with E-state index in [0.29, 0.717) is 5.92 Å². The fourth-order valence-electron chi connectivity index (χ4n) is 2.81. The van der Waals surface area contributed by atoms with E-state index >= 15 is 0 Å². The largest absolute Gasteiger partial charge is 0.324 e. The molecule has 16 heavy (non-hydrogen) atoms. The summed E-state index contributed by atoms with van der Waals surface area (Å²) in [6, 6.07) is 8.95. The zero-order valence-corrected chi connectivity index (χ0v) is 10.4. The summed E-state index contributed by atoms with van der Waals surface area (Å²) in [5.41, 5.74) is 9.25. The molecule has 1 aromatic rings. The molecule has 0 fully saturated rings. The first-order valence-electron chi connectivity index (χ1n) is 6.55. The second-order valence-corrected chi connectivity index (χ2v) is 5.27. The molecule has 0 amide bonds. The molecule has 3 unspecified atom stereocenters. The van der Waals surface area contributed by atoms with Crippen LogP contribution in [0.1, 0.15) is 50.3 Å². The molecule has 88 valence electrons. The Kier molecular flexibility index (Phi) is 3.65. The Morgan fingerprint density at radius 2 is 2.12 bits per heavy atom. The Morgan fingerprint density at radius 1 is 1.38 bits per heavy atom. The molecule has 0 saturated carbocycles. The molecule has 0 aliphatic heterocycles. The molecule has 0 heterocycles. The molecule has 0 bridgehead atoms. The Labute approximate surface area is 99.0 Å². The summed E-state index contributed by atoms with van der Waals surface area (Å²) in [5, 5.41) is 0. The number of hydrogen-bond acceptors (Lipinski definition) is 1. The summed E-state index contributed by atoms with van der Waals surface area (Å²) in [6.45, 7) is 4.61. The quantitative estimate of drug-likeness (QED) is 0.821. The average Bonchev–Trinajstić information content (AvgIpc) is 2.33. The molecule has 1 heteroatoms. The van der Waals surface area contributed by atoms with Crippen LogP contribution in [0.15, 0.2) is 24.3 Å². The van der Waals surface area contributed by atoms with Gasteiger partial charge in [-0.15, -0.1) is 0 Å². The summed E-state index contributed by atoms with van der Waals surface area (Å²) >= 11 is 0. The van der Waals surface area contributed by atoms with Crippen molar-refractivity contribution in [1.82, 2.24) is 0 Å². The normalized spacial score (nSPS) is 26.2. The van der Waals surface area contributed by atoms with Gasteiger partial charge in [0.2, 0.25) is 0 Å². The topological polar surface area (TPSA) is 26.0 Å². The zero-order chi connectivity index (χ0) is 11.5. The zero-order valence-electron chi connectivity index (χ0n) is 10.4. The van der Waals surface area contributed by atoms with Gasteiger partial charge in [0, 0.05) is 6.04 Å². The molecule has 2 rings (SSSR count). The predicted molar refractivity (Wildman–Crippen MR) is 69.3 cm³/mol. The smallest absolute Gasteiger partial charge is 0.0326 e. The Hall–Kier alpha value is -0.820. The molecule has 0 aromatic heterocycles. The molecule has 1 nitrogen and oxygen atoms in total. The highest BCUT2D eigenvalue weighted by Crippen LogP contribution is 2.36. The fraction of sp³-hybridized carbons (Fsp3) is 0.600. The van der Waals surface area contributed by atoms with Crippen LogP contribution in [0.3, 0.4) is 0 Å². The maximum absolute atomic E-state index is 6.39. The van der Waals surface area contributed by atoms with Gasteiger partial charge in [-0.1, -0.05) is 44.5 Å². The van der Waals surface area contributed by atoms with E-state index in [4.69, 9.17) is 5.73 Å². The summed E-state index contributed by atoms with van der Waals surface area (Å²) < 4.78 is 0. The number of hydrogen-bond donors (Lipinski definition) is 1. The fourth-order valence-corrected chi connectivity index (χ4v) is 2.81. The van der Waals surface area contributed by atoms with Crippen molar-refractivity contribution in [3.63, 3.8) is 0 Å². The molecular formula is C15H23N. The van der Waals surface area contributed by atoms with Crippen LogP contribution in [-0.2, 0) is 6.42 Å². The van der Waals surface area contributed by atoms with Crippen molar-refractivity contribution < 1.29 is 0 Å². The first-order chi connectivity index (χ1) is 7.72. The van der Waals surface area contributed by atoms with Crippen LogP contribution in [0.2, 0.25) is 0 Å². The molecule has 3 atom stereocenters. The van der Waals surface area contributed by atoms with Crippen LogP contribution in [0.5, 0.6) is 0 Å². The Morgan fingerprint density at radius 3 is 2.88 bits per heavy atom. The molecule has 0 saturated heterocycles. The van der Waals surface area contributed by atoms with Crippen molar-refractivity contribution in [2.45, 2.75) is 45.6 Å². The van der Waals surface area contributed by atoms with Gasteiger partial charge in [-0.25, -0.2) is 0 Å². The Balaban J connectivity index is 2.12. The van der Waals surface area contributed by atoms with E-state index in [0.717, 1.165) is 5.92 Å². The first kappa shape index (κ1) is 11.7. The lowest BCUT2D eigenvalue weighted by molar-refractivity contribution is 0.300. The molecule has 1 aromatic carbocycles. The third kappa shape index (κ3) is 2.30. The minimum atomic E-state index is 0.263. The first-order valence-corrected chi connectivity index (χ1v) is 6.55. The predicted octanol–water partition coefficient (Wildman–Crippen LogP) is 3.69. The van der Waals surface area contributed by atoms with Gasteiger partial charge in [-0.3, -0.25) is 0 Å². The van der Waals surface area contributed by atoms with Crippen molar-refractivity contribution in [3.8, 4) is 0 Å². The van der Waals surface area contributed by atoms with Gasteiger partial charge in [0.25, 0.3) is 0 Å². The van der Waals surface area contributed by atoms with Crippen molar-refractivity contribution in [2.24, 2.45) is 17.6 Å². The van der Waals surface area contributed by atoms with Crippen molar-refractivity contribution in [2.75, 3.05) is 0 Å². The van der Waals surface area contributed by atoms with E-state index in [1.807, 2.05) is 0 Å².